The molecule has 0 radical (unpaired) electrons. The Morgan fingerprint density at radius 1 is 1.12 bits per heavy atom. The normalized spacial score (nSPS) is 55.3. The molecule has 3 nitrogen and oxygen atoms in total. The van der Waals surface area contributed by atoms with Gasteiger partial charge in [0.15, 0.2) is 0 Å². The van der Waals surface area contributed by atoms with Gasteiger partial charge in [-0.2, -0.15) is 0 Å². The predicted octanol–water partition coefficient (Wildman–Crippen LogP) is 4.08. The van der Waals surface area contributed by atoms with Gasteiger partial charge < -0.3 is 10.3 Å². The van der Waals surface area contributed by atoms with Gasteiger partial charge in [0, 0.05) is 11.3 Å². The number of hydrogen-bond donors (Lipinski definition) is 2. The first-order chi connectivity index (χ1) is 11.4. The van der Waals surface area contributed by atoms with Gasteiger partial charge in [-0.25, -0.2) is 0 Å². The Kier molecular flexibility index (Phi) is 3.77. The molecule has 4 saturated carbocycles. The zero-order valence-corrected chi connectivity index (χ0v) is 15.0. The highest BCUT2D eigenvalue weighted by atomic mass is 16.4. The summed E-state index contributed by atoms with van der Waals surface area (Å²) < 4.78 is 0. The van der Waals surface area contributed by atoms with E-state index in [9.17, 15) is 10.3 Å². The fraction of sp³-hybridized carbons (Fsp3) is 0.857. The first kappa shape index (κ1) is 16.5. The van der Waals surface area contributed by atoms with Gasteiger partial charge in [0.1, 0.15) is 0 Å². The first-order valence-electron chi connectivity index (χ1n) is 9.80. The number of aliphatic hydroxyl groups excluding tert-OH is 1. The van der Waals surface area contributed by atoms with Crippen molar-refractivity contribution in [3.8, 4) is 12.3 Å². The summed E-state index contributed by atoms with van der Waals surface area (Å²) in [5.74, 6) is 5.86. The maximum Gasteiger partial charge on any atom is 0.0632 e. The lowest BCUT2D eigenvalue weighted by atomic mass is 9.43. The molecule has 8 atom stereocenters. The lowest BCUT2D eigenvalue weighted by molar-refractivity contribution is -0.133. The Morgan fingerprint density at radius 3 is 2.62 bits per heavy atom. The molecule has 4 aliphatic carbocycles. The van der Waals surface area contributed by atoms with Crippen molar-refractivity contribution in [2.75, 3.05) is 0 Å². The van der Waals surface area contributed by atoms with Gasteiger partial charge in [-0.15, -0.1) is 12.3 Å². The van der Waals surface area contributed by atoms with Crippen molar-refractivity contribution in [1.29, 1.82) is 0 Å². The van der Waals surface area contributed by atoms with Crippen LogP contribution in [0.3, 0.4) is 0 Å². The van der Waals surface area contributed by atoms with E-state index in [4.69, 9.17) is 6.42 Å². The third-order valence-corrected chi connectivity index (χ3v) is 8.84. The van der Waals surface area contributed by atoms with Gasteiger partial charge in [0.05, 0.1) is 11.8 Å². The monoisotopic (exact) mass is 329 g/mol. The largest absolute Gasteiger partial charge is 0.411 e. The highest BCUT2D eigenvalue weighted by Gasteiger charge is 2.61. The Balaban J connectivity index is 1.69. The van der Waals surface area contributed by atoms with Crippen LogP contribution in [0.1, 0.15) is 65.2 Å². The topological polar surface area (TPSA) is 52.8 Å². The highest BCUT2D eigenvalue weighted by Crippen LogP contribution is 2.66. The molecule has 132 valence electrons. The second kappa shape index (κ2) is 5.49. The summed E-state index contributed by atoms with van der Waals surface area (Å²) in [6.45, 7) is 4.76. The number of aliphatic hydroxyl groups is 1. The van der Waals surface area contributed by atoms with Crippen LogP contribution < -0.4 is 0 Å². The minimum Gasteiger partial charge on any atom is -0.411 e. The average Bonchev–Trinajstić information content (AvgIpc) is 2.91. The van der Waals surface area contributed by atoms with E-state index < -0.39 is 0 Å². The van der Waals surface area contributed by atoms with Crippen molar-refractivity contribution >= 4 is 5.71 Å². The summed E-state index contributed by atoms with van der Waals surface area (Å²) in [5, 5.41) is 23.4. The Hall–Kier alpha value is -1.01. The van der Waals surface area contributed by atoms with Crippen molar-refractivity contribution in [1.82, 2.24) is 0 Å². The van der Waals surface area contributed by atoms with Crippen molar-refractivity contribution in [3.63, 3.8) is 0 Å². The van der Waals surface area contributed by atoms with Crippen LogP contribution in [-0.2, 0) is 0 Å². The molecular weight excluding hydrogens is 298 g/mol. The minimum atomic E-state index is -0.214. The Morgan fingerprint density at radius 2 is 1.92 bits per heavy atom. The number of fused-ring (bicyclic) bond motifs is 5. The smallest absolute Gasteiger partial charge is 0.0632 e. The zero-order valence-electron chi connectivity index (χ0n) is 15.0. The van der Waals surface area contributed by atoms with Crippen LogP contribution >= 0.6 is 0 Å². The summed E-state index contributed by atoms with van der Waals surface area (Å²) in [6.07, 6.45) is 14.3. The van der Waals surface area contributed by atoms with E-state index in [-0.39, 0.29) is 22.9 Å². The number of rotatable bonds is 0. The molecule has 2 unspecified atom stereocenters. The zero-order chi connectivity index (χ0) is 17.1. The molecule has 0 saturated heterocycles. The van der Waals surface area contributed by atoms with Crippen LogP contribution in [0.4, 0.5) is 0 Å². The Bertz CT molecular complexity index is 593. The van der Waals surface area contributed by atoms with Gasteiger partial charge in [0.2, 0.25) is 0 Å². The van der Waals surface area contributed by atoms with Crippen molar-refractivity contribution in [3.05, 3.63) is 0 Å². The molecule has 0 spiro atoms. The van der Waals surface area contributed by atoms with Crippen LogP contribution in [-0.4, -0.2) is 22.1 Å². The van der Waals surface area contributed by atoms with E-state index in [1.807, 2.05) is 0 Å². The molecule has 0 amide bonds. The summed E-state index contributed by atoms with van der Waals surface area (Å²) >= 11 is 0. The van der Waals surface area contributed by atoms with Crippen LogP contribution in [0.5, 0.6) is 0 Å². The number of hydrogen-bond acceptors (Lipinski definition) is 3. The molecule has 0 aromatic rings. The molecule has 0 aromatic carbocycles. The quantitative estimate of drug-likeness (QED) is 0.400. The average molecular weight is 329 g/mol. The van der Waals surface area contributed by atoms with Gasteiger partial charge in [-0.05, 0) is 80.5 Å². The SMILES string of the molecule is C#CC1C[C@H](O)CC2CC[C@@H]3[C@H](CC[C@]4(C)/C(=N/O)CC[C@@H]34)[C@@]12C. The summed E-state index contributed by atoms with van der Waals surface area (Å²) in [6, 6.07) is 0. The second-order valence-corrected chi connectivity index (χ2v) is 9.40. The molecule has 3 heteroatoms. The van der Waals surface area contributed by atoms with Crippen molar-refractivity contribution in [2.24, 2.45) is 45.6 Å². The summed E-state index contributed by atoms with van der Waals surface area (Å²) in [5.41, 5.74) is 1.31. The van der Waals surface area contributed by atoms with Crippen LogP contribution in [0.15, 0.2) is 5.16 Å². The number of terminal acetylenes is 1. The standard InChI is InChI=1S/C21H31NO2/c1-4-13-11-15(23)12-14-5-6-16-17-7-8-19(22-24)20(17,2)10-9-18(16)21(13,14)3/h1,13-18,23-24H,5-12H2,2-3H3/b22-19+/t13?,14?,15-,16-,17-,18-,20-,21-/m0/s1. The lowest BCUT2D eigenvalue weighted by Crippen LogP contribution is -2.57. The maximum absolute atomic E-state index is 10.3. The molecular formula is C21H31NO2. The van der Waals surface area contributed by atoms with Gasteiger partial charge in [-0.1, -0.05) is 19.0 Å². The lowest BCUT2D eigenvalue weighted by Gasteiger charge is -2.61. The minimum absolute atomic E-state index is 0.0962. The predicted molar refractivity (Wildman–Crippen MR) is 94.7 cm³/mol. The molecule has 4 aliphatic rings. The summed E-state index contributed by atoms with van der Waals surface area (Å²) in [4.78, 5) is 0. The molecule has 2 N–H and O–H groups in total. The highest BCUT2D eigenvalue weighted by molar-refractivity contribution is 5.91. The molecule has 4 rings (SSSR count). The van der Waals surface area contributed by atoms with Crippen LogP contribution in [0, 0.1) is 52.8 Å². The van der Waals surface area contributed by atoms with Gasteiger partial charge in [0.25, 0.3) is 0 Å². The molecule has 0 aliphatic heterocycles. The van der Waals surface area contributed by atoms with Crippen molar-refractivity contribution in [2.45, 2.75) is 71.3 Å². The Labute approximate surface area is 145 Å². The van der Waals surface area contributed by atoms with Crippen molar-refractivity contribution < 1.29 is 10.3 Å². The fourth-order valence-corrected chi connectivity index (χ4v) is 7.54. The maximum atomic E-state index is 10.3. The van der Waals surface area contributed by atoms with Gasteiger partial charge >= 0.3 is 0 Å². The third kappa shape index (κ3) is 1.99. The second-order valence-electron chi connectivity index (χ2n) is 9.40. The molecule has 0 heterocycles. The molecule has 4 fully saturated rings. The third-order valence-electron chi connectivity index (χ3n) is 8.84. The van der Waals surface area contributed by atoms with Gasteiger partial charge in [-0.3, -0.25) is 0 Å². The van der Waals surface area contributed by atoms with E-state index in [2.05, 4.69) is 24.9 Å². The van der Waals surface area contributed by atoms with E-state index in [0.29, 0.717) is 23.7 Å². The van der Waals surface area contributed by atoms with E-state index in [1.165, 1.54) is 25.7 Å². The fourth-order valence-electron chi connectivity index (χ4n) is 7.54. The molecule has 24 heavy (non-hydrogen) atoms. The molecule has 0 bridgehead atoms. The van der Waals surface area contributed by atoms with E-state index in [1.54, 1.807) is 0 Å². The molecule has 0 aromatic heterocycles. The summed E-state index contributed by atoms with van der Waals surface area (Å²) in [7, 11) is 0. The number of nitrogens with zero attached hydrogens (tertiary/aromatic N) is 1. The van der Waals surface area contributed by atoms with E-state index in [0.717, 1.165) is 31.4 Å². The van der Waals surface area contributed by atoms with Crippen LogP contribution in [0.2, 0.25) is 0 Å². The van der Waals surface area contributed by atoms with Crippen LogP contribution in [0.25, 0.3) is 0 Å². The number of oxime groups is 1. The van der Waals surface area contributed by atoms with E-state index >= 15 is 0 Å². The first-order valence-corrected chi connectivity index (χ1v) is 9.80.